The third-order valence-corrected chi connectivity index (χ3v) is 3.97. The Balaban J connectivity index is 2.02. The van der Waals surface area contributed by atoms with Crippen LogP contribution in [0.15, 0.2) is 48.5 Å². The second kappa shape index (κ2) is 6.58. The Morgan fingerprint density at radius 2 is 1.83 bits per heavy atom. The highest BCUT2D eigenvalue weighted by Gasteiger charge is 2.19. The monoisotopic (exact) mass is 323 g/mol. The first kappa shape index (κ1) is 15.8. The Morgan fingerprint density at radius 1 is 1.04 bits per heavy atom. The summed E-state index contributed by atoms with van der Waals surface area (Å²) in [4.78, 5) is 26.7. The Labute approximate surface area is 138 Å². The second-order valence-corrected chi connectivity index (χ2v) is 5.65. The molecule has 1 aromatic heterocycles. The van der Waals surface area contributed by atoms with Gasteiger partial charge in [-0.3, -0.25) is 9.59 Å². The molecule has 24 heavy (non-hydrogen) atoms. The molecule has 2 aromatic carbocycles. The molecule has 122 valence electrons. The maximum atomic E-state index is 12.8. The molecular weight excluding hydrogens is 306 g/mol. The molecule has 0 aliphatic heterocycles. The minimum Gasteiger partial charge on any atom is -0.508 e. The van der Waals surface area contributed by atoms with E-state index >= 15 is 0 Å². The average molecular weight is 323 g/mol. The van der Waals surface area contributed by atoms with Crippen molar-refractivity contribution in [1.29, 1.82) is 0 Å². The first-order chi connectivity index (χ1) is 11.6. The largest absolute Gasteiger partial charge is 0.508 e. The lowest BCUT2D eigenvalue weighted by atomic mass is 9.99. The van der Waals surface area contributed by atoms with E-state index in [0.29, 0.717) is 24.1 Å². The molecule has 1 heterocycles. The van der Waals surface area contributed by atoms with Crippen molar-refractivity contribution in [2.75, 3.05) is 0 Å². The summed E-state index contributed by atoms with van der Waals surface area (Å²) in [6.07, 6.45) is 1.01. The van der Waals surface area contributed by atoms with E-state index in [-0.39, 0.29) is 18.0 Å². The highest BCUT2D eigenvalue weighted by molar-refractivity contribution is 6.12. The van der Waals surface area contributed by atoms with Gasteiger partial charge >= 0.3 is 5.97 Å². The molecule has 0 aliphatic carbocycles. The van der Waals surface area contributed by atoms with Crippen LogP contribution in [0.2, 0.25) is 0 Å². The molecule has 0 bridgehead atoms. The molecule has 0 amide bonds. The quantitative estimate of drug-likeness (QED) is 0.605. The molecule has 0 radical (unpaired) electrons. The van der Waals surface area contributed by atoms with Crippen molar-refractivity contribution < 1.29 is 19.8 Å². The lowest BCUT2D eigenvalue weighted by Gasteiger charge is -2.05. The minimum absolute atomic E-state index is 0.0318. The standard InChI is InChI=1S/C19H17NO4/c21-13-6-3-5-12(11-13)19(24)18-15(8-4-10-17(22)23)14-7-1-2-9-16(14)20-18/h1-3,5-7,9,11,20-21H,4,8,10H2,(H,22,23). The Kier molecular flexibility index (Phi) is 4.33. The summed E-state index contributed by atoms with van der Waals surface area (Å²) in [6.45, 7) is 0. The average Bonchev–Trinajstić information content (AvgIpc) is 2.93. The van der Waals surface area contributed by atoms with Crippen LogP contribution in [0.3, 0.4) is 0 Å². The minimum atomic E-state index is -0.851. The molecule has 0 atom stereocenters. The van der Waals surface area contributed by atoms with Gasteiger partial charge in [-0.05, 0) is 36.6 Å². The van der Waals surface area contributed by atoms with E-state index < -0.39 is 5.97 Å². The van der Waals surface area contributed by atoms with E-state index in [1.165, 1.54) is 12.1 Å². The van der Waals surface area contributed by atoms with Crippen molar-refractivity contribution in [3.8, 4) is 5.75 Å². The lowest BCUT2D eigenvalue weighted by Crippen LogP contribution is -2.06. The van der Waals surface area contributed by atoms with Crippen molar-refractivity contribution in [3.63, 3.8) is 0 Å². The topological polar surface area (TPSA) is 90.4 Å². The van der Waals surface area contributed by atoms with E-state index in [1.54, 1.807) is 12.1 Å². The number of carboxylic acid groups (broad SMARTS) is 1. The van der Waals surface area contributed by atoms with Gasteiger partial charge in [-0.1, -0.05) is 30.3 Å². The molecule has 0 unspecified atom stereocenters. The maximum Gasteiger partial charge on any atom is 0.303 e. The van der Waals surface area contributed by atoms with Crippen LogP contribution < -0.4 is 0 Å². The van der Waals surface area contributed by atoms with Gasteiger partial charge in [0.25, 0.3) is 0 Å². The number of fused-ring (bicyclic) bond motifs is 1. The predicted octanol–water partition coefficient (Wildman–Crippen LogP) is 3.51. The predicted molar refractivity (Wildman–Crippen MR) is 90.4 cm³/mol. The number of nitrogens with one attached hydrogen (secondary N) is 1. The molecular formula is C19H17NO4. The van der Waals surface area contributed by atoms with E-state index in [0.717, 1.165) is 16.5 Å². The number of carbonyl (C=O) groups is 2. The van der Waals surface area contributed by atoms with Gasteiger partial charge in [0.05, 0.1) is 5.69 Å². The third kappa shape index (κ3) is 3.15. The van der Waals surface area contributed by atoms with Crippen molar-refractivity contribution in [3.05, 3.63) is 65.4 Å². The van der Waals surface area contributed by atoms with Crippen LogP contribution in [0, 0.1) is 0 Å². The summed E-state index contributed by atoms with van der Waals surface area (Å²) in [6, 6.07) is 13.8. The number of hydrogen-bond donors (Lipinski definition) is 3. The fourth-order valence-electron chi connectivity index (χ4n) is 2.86. The number of rotatable bonds is 6. The van der Waals surface area contributed by atoms with Gasteiger partial charge in [-0.15, -0.1) is 0 Å². The molecule has 0 fully saturated rings. The third-order valence-electron chi connectivity index (χ3n) is 3.97. The SMILES string of the molecule is O=C(O)CCCc1c(C(=O)c2cccc(O)c2)[nH]c2ccccc12. The zero-order chi connectivity index (χ0) is 17.1. The van der Waals surface area contributed by atoms with Gasteiger partial charge in [0.1, 0.15) is 5.75 Å². The van der Waals surface area contributed by atoms with Crippen LogP contribution in [0.25, 0.3) is 10.9 Å². The highest BCUT2D eigenvalue weighted by atomic mass is 16.4. The zero-order valence-electron chi connectivity index (χ0n) is 13.0. The Hall–Kier alpha value is -3.08. The van der Waals surface area contributed by atoms with Gasteiger partial charge < -0.3 is 15.2 Å². The van der Waals surface area contributed by atoms with Crippen molar-refractivity contribution in [1.82, 2.24) is 4.98 Å². The summed E-state index contributed by atoms with van der Waals surface area (Å²) >= 11 is 0. The molecule has 0 aliphatic rings. The van der Waals surface area contributed by atoms with E-state index in [4.69, 9.17) is 5.11 Å². The molecule has 0 saturated heterocycles. The number of H-pyrrole nitrogens is 1. The molecule has 5 heteroatoms. The number of hydrogen-bond acceptors (Lipinski definition) is 3. The van der Waals surface area contributed by atoms with Crippen LogP contribution in [-0.2, 0) is 11.2 Å². The molecule has 3 N–H and O–H groups in total. The van der Waals surface area contributed by atoms with Gasteiger partial charge in [0.2, 0.25) is 5.78 Å². The number of carbonyl (C=O) groups excluding carboxylic acids is 1. The summed E-state index contributed by atoms with van der Waals surface area (Å²) < 4.78 is 0. The van der Waals surface area contributed by atoms with Crippen LogP contribution in [0.1, 0.15) is 34.5 Å². The Morgan fingerprint density at radius 3 is 2.58 bits per heavy atom. The number of ketones is 1. The summed E-state index contributed by atoms with van der Waals surface area (Å²) in [5, 5.41) is 19.4. The number of aromatic nitrogens is 1. The van der Waals surface area contributed by atoms with E-state index in [9.17, 15) is 14.7 Å². The van der Waals surface area contributed by atoms with Crippen LogP contribution in [0.4, 0.5) is 0 Å². The number of benzene rings is 2. The fourth-order valence-corrected chi connectivity index (χ4v) is 2.86. The van der Waals surface area contributed by atoms with Crippen LogP contribution >= 0.6 is 0 Å². The van der Waals surface area contributed by atoms with Crippen LogP contribution in [0.5, 0.6) is 5.75 Å². The number of para-hydroxylation sites is 1. The van der Waals surface area contributed by atoms with Gasteiger partial charge in [0, 0.05) is 22.9 Å². The molecule has 0 spiro atoms. The molecule has 3 aromatic rings. The highest BCUT2D eigenvalue weighted by Crippen LogP contribution is 2.26. The van der Waals surface area contributed by atoms with Gasteiger partial charge in [-0.2, -0.15) is 0 Å². The summed E-state index contributed by atoms with van der Waals surface area (Å²) in [5.74, 6) is -1.03. The Bertz CT molecular complexity index is 911. The van der Waals surface area contributed by atoms with Crippen molar-refractivity contribution in [2.45, 2.75) is 19.3 Å². The smallest absolute Gasteiger partial charge is 0.303 e. The maximum absolute atomic E-state index is 12.8. The van der Waals surface area contributed by atoms with Crippen LogP contribution in [-0.4, -0.2) is 26.9 Å². The second-order valence-electron chi connectivity index (χ2n) is 5.65. The first-order valence-electron chi connectivity index (χ1n) is 7.71. The lowest BCUT2D eigenvalue weighted by molar-refractivity contribution is -0.137. The fraction of sp³-hybridized carbons (Fsp3) is 0.158. The van der Waals surface area contributed by atoms with Crippen molar-refractivity contribution >= 4 is 22.7 Å². The van der Waals surface area contributed by atoms with Gasteiger partial charge in [0.15, 0.2) is 0 Å². The number of carboxylic acids is 1. The molecule has 0 saturated carbocycles. The number of aryl methyl sites for hydroxylation is 1. The van der Waals surface area contributed by atoms with E-state index in [1.807, 2.05) is 24.3 Å². The number of aliphatic carboxylic acids is 1. The zero-order valence-corrected chi connectivity index (χ0v) is 13.0. The summed E-state index contributed by atoms with van der Waals surface area (Å²) in [7, 11) is 0. The number of aromatic amines is 1. The van der Waals surface area contributed by atoms with Crippen molar-refractivity contribution in [2.24, 2.45) is 0 Å². The number of phenolic OH excluding ortho intramolecular Hbond substituents is 1. The van der Waals surface area contributed by atoms with Gasteiger partial charge in [-0.25, -0.2) is 0 Å². The molecule has 3 rings (SSSR count). The normalized spacial score (nSPS) is 10.8. The molecule has 5 nitrogen and oxygen atoms in total. The number of phenols is 1. The summed E-state index contributed by atoms with van der Waals surface area (Å²) in [5.41, 5.74) is 2.50. The first-order valence-corrected chi connectivity index (χ1v) is 7.71. The van der Waals surface area contributed by atoms with E-state index in [2.05, 4.69) is 4.98 Å². The number of aromatic hydroxyl groups is 1.